The quantitative estimate of drug-likeness (QED) is 0.353. The van der Waals surface area contributed by atoms with Gasteiger partial charge in [-0.15, -0.1) is 0 Å². The minimum atomic E-state index is -0.860. The van der Waals surface area contributed by atoms with Crippen LogP contribution in [0.2, 0.25) is 5.02 Å². The molecule has 1 N–H and O–H groups in total. The Bertz CT molecular complexity index is 1190. The van der Waals surface area contributed by atoms with Crippen LogP contribution in [0.1, 0.15) is 105 Å². The van der Waals surface area contributed by atoms with Crippen molar-refractivity contribution in [2.75, 3.05) is 0 Å². The molecule has 5 rings (SSSR count). The average Bonchev–Trinajstić information content (AvgIpc) is 3.37. The van der Waals surface area contributed by atoms with E-state index in [1.165, 1.54) is 12.0 Å². The molecule has 0 aliphatic heterocycles. The number of carbonyl (C=O) groups is 2. The summed E-state index contributed by atoms with van der Waals surface area (Å²) in [5.41, 5.74) is 3.96. The van der Waals surface area contributed by atoms with Crippen molar-refractivity contribution in [2.24, 2.45) is 23.7 Å². The van der Waals surface area contributed by atoms with Crippen molar-refractivity contribution in [1.29, 1.82) is 0 Å². The Labute approximate surface area is 218 Å². The van der Waals surface area contributed by atoms with E-state index in [0.717, 1.165) is 48.6 Å². The van der Waals surface area contributed by atoms with Crippen LogP contribution in [0.5, 0.6) is 0 Å². The molecule has 3 saturated carbocycles. The van der Waals surface area contributed by atoms with E-state index in [2.05, 4.69) is 25.6 Å². The Morgan fingerprint density at radius 1 is 1.17 bits per heavy atom. The van der Waals surface area contributed by atoms with Gasteiger partial charge in [0.25, 0.3) is 0 Å². The zero-order valence-corrected chi connectivity index (χ0v) is 22.2. The van der Waals surface area contributed by atoms with Crippen molar-refractivity contribution in [3.63, 3.8) is 0 Å². The second kappa shape index (κ2) is 9.81. The average molecular weight is 510 g/mol. The lowest BCUT2D eigenvalue weighted by molar-refractivity contribution is -0.141. The maximum Gasteiger partial charge on any atom is 0.306 e. The third-order valence-corrected chi connectivity index (χ3v) is 8.84. The van der Waals surface area contributed by atoms with Crippen molar-refractivity contribution in [3.05, 3.63) is 57.9 Å². The molecule has 6 heteroatoms. The second-order valence-corrected chi connectivity index (χ2v) is 12.2. The maximum atomic E-state index is 13.8. The summed E-state index contributed by atoms with van der Waals surface area (Å²) in [5.74, 6) is 0.864. The molecule has 0 amide bonds. The largest absolute Gasteiger partial charge is 0.481 e. The van der Waals surface area contributed by atoms with Crippen molar-refractivity contribution < 1.29 is 19.2 Å². The molecule has 3 fully saturated rings. The van der Waals surface area contributed by atoms with Gasteiger partial charge in [0, 0.05) is 39.5 Å². The predicted octanol–water partition coefficient (Wildman–Crippen LogP) is 7.53. The lowest BCUT2D eigenvalue weighted by atomic mass is 9.69. The topological polar surface area (TPSA) is 80.4 Å². The third-order valence-electron chi connectivity index (χ3n) is 8.53. The number of benzene rings is 1. The molecule has 0 radical (unpaired) electrons. The van der Waals surface area contributed by atoms with Crippen molar-refractivity contribution in [1.82, 2.24) is 5.16 Å². The number of carbonyl (C=O) groups excluding carboxylic acids is 1. The smallest absolute Gasteiger partial charge is 0.306 e. The van der Waals surface area contributed by atoms with Crippen molar-refractivity contribution in [2.45, 2.75) is 83.5 Å². The molecule has 0 bridgehead atoms. The summed E-state index contributed by atoms with van der Waals surface area (Å²) in [7, 11) is 0. The minimum Gasteiger partial charge on any atom is -0.481 e. The number of allylic oxidation sites excluding steroid dienone is 1. The van der Waals surface area contributed by atoms with Crippen molar-refractivity contribution in [3.8, 4) is 0 Å². The van der Waals surface area contributed by atoms with Crippen LogP contribution in [-0.2, 0) is 9.59 Å². The van der Waals surface area contributed by atoms with Gasteiger partial charge in [0.05, 0.1) is 11.6 Å². The molecule has 1 aromatic carbocycles. The molecule has 3 atom stereocenters. The molecule has 36 heavy (non-hydrogen) atoms. The Kier molecular flexibility index (Phi) is 6.88. The lowest BCUT2D eigenvalue weighted by Gasteiger charge is -2.35. The number of hydrogen-bond acceptors (Lipinski definition) is 4. The summed E-state index contributed by atoms with van der Waals surface area (Å²) in [6.45, 7) is 10.6. The van der Waals surface area contributed by atoms with Crippen LogP contribution in [0.25, 0.3) is 5.57 Å². The molecule has 3 aliphatic carbocycles. The monoisotopic (exact) mass is 509 g/mol. The number of rotatable bonds is 9. The number of carboxylic acids is 1. The van der Waals surface area contributed by atoms with Gasteiger partial charge < -0.3 is 9.63 Å². The van der Waals surface area contributed by atoms with Gasteiger partial charge in [-0.05, 0) is 81.3 Å². The van der Waals surface area contributed by atoms with Crippen LogP contribution >= 0.6 is 11.6 Å². The zero-order valence-electron chi connectivity index (χ0n) is 21.4. The molecule has 3 aliphatic rings. The van der Waals surface area contributed by atoms with Gasteiger partial charge in [0.2, 0.25) is 0 Å². The molecule has 1 aromatic heterocycles. The highest BCUT2D eigenvalue weighted by molar-refractivity contribution is 6.35. The number of aryl methyl sites for hydroxylation is 1. The first-order valence-corrected chi connectivity index (χ1v) is 13.7. The first-order valence-electron chi connectivity index (χ1n) is 13.4. The summed E-state index contributed by atoms with van der Waals surface area (Å²) in [4.78, 5) is 25.8. The predicted molar refractivity (Wildman–Crippen MR) is 140 cm³/mol. The summed E-state index contributed by atoms with van der Waals surface area (Å²) < 4.78 is 6.02. The highest BCUT2D eigenvalue weighted by Gasteiger charge is 2.48. The number of aliphatic carboxylic acids is 1. The van der Waals surface area contributed by atoms with Gasteiger partial charge in [-0.1, -0.05) is 49.3 Å². The summed E-state index contributed by atoms with van der Waals surface area (Å²) in [6, 6.07) is 5.55. The summed E-state index contributed by atoms with van der Waals surface area (Å²) in [6.07, 6.45) is 6.37. The van der Waals surface area contributed by atoms with Gasteiger partial charge in [0.15, 0.2) is 5.78 Å². The number of ketones is 1. The molecule has 0 saturated heterocycles. The van der Waals surface area contributed by atoms with Crippen LogP contribution in [0.3, 0.4) is 0 Å². The van der Waals surface area contributed by atoms with Crippen LogP contribution in [0.15, 0.2) is 29.3 Å². The minimum absolute atomic E-state index is 0.138. The number of hydrogen-bond donors (Lipinski definition) is 1. The Hall–Kier alpha value is -2.40. The van der Waals surface area contributed by atoms with Crippen molar-refractivity contribution >= 4 is 28.9 Å². The Balaban J connectivity index is 1.44. The van der Waals surface area contributed by atoms with E-state index in [9.17, 15) is 14.7 Å². The number of halogens is 1. The molecule has 192 valence electrons. The van der Waals surface area contributed by atoms with E-state index >= 15 is 0 Å². The van der Waals surface area contributed by atoms with Gasteiger partial charge in [0.1, 0.15) is 5.76 Å². The zero-order chi connectivity index (χ0) is 25.7. The van der Waals surface area contributed by atoms with Gasteiger partial charge in [-0.25, -0.2) is 0 Å². The number of Topliss-reactive ketones (excluding diaryl/α,β-unsaturated/α-hetero) is 1. The first kappa shape index (κ1) is 25.3. The highest BCUT2D eigenvalue weighted by Crippen LogP contribution is 2.55. The van der Waals surface area contributed by atoms with Crippen LogP contribution in [-0.4, -0.2) is 22.0 Å². The van der Waals surface area contributed by atoms with Crippen LogP contribution in [0.4, 0.5) is 0 Å². The van der Waals surface area contributed by atoms with E-state index in [4.69, 9.17) is 16.1 Å². The Morgan fingerprint density at radius 2 is 1.89 bits per heavy atom. The molecular formula is C30H36ClNO4. The Morgan fingerprint density at radius 3 is 2.50 bits per heavy atom. The normalized spacial score (nSPS) is 27.8. The standard InChI is InChI=1S/C30H36ClNO4/c1-15(2)9-18-11-20(12-18)29-26(19-6-7-19)27(32-36-29)23-13-21(30(34)35)14-24(23)28(33)17(4)22-8-5-16(3)10-25(22)31/h5,8,10,15,18-21,23-24H,4,6-7,9,11-14H2,1-3H3,(H,34,35)/t18?,20?,21?,23-,24?/m1/s1. The number of nitrogens with zero attached hydrogens (tertiary/aromatic N) is 1. The van der Waals surface area contributed by atoms with Crippen LogP contribution < -0.4 is 0 Å². The van der Waals surface area contributed by atoms with E-state index in [0.29, 0.717) is 40.3 Å². The molecule has 5 nitrogen and oxygen atoms in total. The van der Waals surface area contributed by atoms with Crippen LogP contribution in [0, 0.1) is 30.6 Å². The lowest BCUT2D eigenvalue weighted by Crippen LogP contribution is -2.24. The van der Waals surface area contributed by atoms with E-state index in [-0.39, 0.29) is 18.1 Å². The van der Waals surface area contributed by atoms with Gasteiger partial charge >= 0.3 is 5.97 Å². The fourth-order valence-electron chi connectivity index (χ4n) is 6.53. The maximum absolute atomic E-state index is 13.8. The summed E-state index contributed by atoms with van der Waals surface area (Å²) in [5, 5.41) is 14.9. The van der Waals surface area contributed by atoms with Gasteiger partial charge in [-0.3, -0.25) is 9.59 Å². The van der Waals surface area contributed by atoms with Gasteiger partial charge in [-0.2, -0.15) is 0 Å². The highest BCUT2D eigenvalue weighted by atomic mass is 35.5. The third kappa shape index (κ3) is 4.79. The van der Waals surface area contributed by atoms with E-state index in [1.54, 1.807) is 0 Å². The molecule has 0 spiro atoms. The number of aromatic nitrogens is 1. The van der Waals surface area contributed by atoms with E-state index in [1.807, 2.05) is 25.1 Å². The first-order chi connectivity index (χ1) is 17.1. The SMILES string of the molecule is C=C(C(=O)C1CC(C(=O)O)C[C@H]1c1noc(C2CC(CC(C)C)C2)c1C1CC1)c1ccc(C)cc1Cl. The number of carboxylic acid groups (broad SMARTS) is 1. The molecule has 2 aromatic rings. The second-order valence-electron chi connectivity index (χ2n) is 11.8. The molecule has 2 unspecified atom stereocenters. The molecular weight excluding hydrogens is 474 g/mol. The fraction of sp³-hybridized carbons (Fsp3) is 0.567. The summed E-state index contributed by atoms with van der Waals surface area (Å²) >= 11 is 6.45. The van der Waals surface area contributed by atoms with E-state index < -0.39 is 17.8 Å². The molecule has 1 heterocycles. The fourth-order valence-corrected chi connectivity index (χ4v) is 6.88.